The Morgan fingerprint density at radius 2 is 2.25 bits per heavy atom. The molecule has 2 rings (SSSR count). The molecule has 0 unspecified atom stereocenters. The summed E-state index contributed by atoms with van der Waals surface area (Å²) in [5, 5.41) is 9.00. The van der Waals surface area contributed by atoms with Gasteiger partial charge >= 0.3 is 5.97 Å². The van der Waals surface area contributed by atoms with Crippen LogP contribution in [0.5, 0.6) is 0 Å². The molecule has 4 nitrogen and oxygen atoms in total. The SMILES string of the molecule is O=C1CC[C@@]2(C(=O)O)CCCN12. The Bertz CT molecular complexity index is 251. The molecule has 2 aliphatic rings. The standard InChI is InChI=1S/C8H11NO3/c10-6-2-4-8(7(11)12)3-1-5-9(6)8/h1-5H2,(H,11,12)/t8-/m1/s1. The first-order valence-electron chi connectivity index (χ1n) is 4.21. The normalized spacial score (nSPS) is 34.0. The van der Waals surface area contributed by atoms with Gasteiger partial charge in [-0.25, -0.2) is 4.79 Å². The van der Waals surface area contributed by atoms with Crippen molar-refractivity contribution < 1.29 is 14.7 Å². The van der Waals surface area contributed by atoms with E-state index >= 15 is 0 Å². The van der Waals surface area contributed by atoms with Crippen LogP contribution in [0.1, 0.15) is 25.7 Å². The zero-order chi connectivity index (χ0) is 8.77. The number of aliphatic carboxylic acids is 1. The highest BCUT2D eigenvalue weighted by atomic mass is 16.4. The Morgan fingerprint density at radius 1 is 1.50 bits per heavy atom. The van der Waals surface area contributed by atoms with Gasteiger partial charge in [0, 0.05) is 13.0 Å². The Labute approximate surface area is 70.2 Å². The average Bonchev–Trinajstić information content (AvgIpc) is 2.53. The van der Waals surface area contributed by atoms with E-state index in [2.05, 4.69) is 0 Å². The molecule has 4 heteroatoms. The number of carbonyl (C=O) groups excluding carboxylic acids is 1. The van der Waals surface area contributed by atoms with Crippen LogP contribution in [0.3, 0.4) is 0 Å². The lowest BCUT2D eigenvalue weighted by atomic mass is 9.95. The third-order valence-corrected chi connectivity index (χ3v) is 2.94. The molecular formula is C8H11NO3. The highest BCUT2D eigenvalue weighted by Crippen LogP contribution is 2.39. The molecule has 0 aromatic heterocycles. The fourth-order valence-electron chi connectivity index (χ4n) is 2.28. The number of nitrogens with zero attached hydrogens (tertiary/aromatic N) is 1. The van der Waals surface area contributed by atoms with E-state index in [1.165, 1.54) is 4.90 Å². The van der Waals surface area contributed by atoms with Gasteiger partial charge in [-0.1, -0.05) is 0 Å². The maximum absolute atomic E-state index is 11.2. The summed E-state index contributed by atoms with van der Waals surface area (Å²) in [5.41, 5.74) is -0.822. The summed E-state index contributed by atoms with van der Waals surface area (Å²) in [5.74, 6) is -0.819. The smallest absolute Gasteiger partial charge is 0.329 e. The number of fused-ring (bicyclic) bond motifs is 1. The Kier molecular flexibility index (Phi) is 1.40. The molecule has 0 radical (unpaired) electrons. The summed E-state index contributed by atoms with van der Waals surface area (Å²) in [6.07, 6.45) is 2.37. The summed E-state index contributed by atoms with van der Waals surface area (Å²) in [7, 11) is 0. The van der Waals surface area contributed by atoms with Crippen LogP contribution in [0.15, 0.2) is 0 Å². The molecule has 12 heavy (non-hydrogen) atoms. The minimum atomic E-state index is -0.828. The Hall–Kier alpha value is -1.06. The monoisotopic (exact) mass is 169 g/mol. The molecule has 66 valence electrons. The van der Waals surface area contributed by atoms with Crippen molar-refractivity contribution in [3.63, 3.8) is 0 Å². The predicted octanol–water partition coefficient (Wildman–Crippen LogP) is 0.226. The summed E-state index contributed by atoms with van der Waals surface area (Å²) in [4.78, 5) is 23.7. The first kappa shape index (κ1) is 7.58. The largest absolute Gasteiger partial charge is 0.479 e. The van der Waals surface area contributed by atoms with Crippen molar-refractivity contribution in [3.8, 4) is 0 Å². The van der Waals surface area contributed by atoms with Crippen LogP contribution in [0.25, 0.3) is 0 Å². The van der Waals surface area contributed by atoms with Gasteiger partial charge in [-0.2, -0.15) is 0 Å². The zero-order valence-corrected chi connectivity index (χ0v) is 6.75. The van der Waals surface area contributed by atoms with E-state index < -0.39 is 11.5 Å². The van der Waals surface area contributed by atoms with Crippen LogP contribution in [0.2, 0.25) is 0 Å². The summed E-state index contributed by atoms with van der Waals surface area (Å²) in [6.45, 7) is 0.630. The van der Waals surface area contributed by atoms with Crippen LogP contribution in [-0.4, -0.2) is 34.0 Å². The van der Waals surface area contributed by atoms with Gasteiger partial charge in [0.05, 0.1) is 0 Å². The fraction of sp³-hybridized carbons (Fsp3) is 0.750. The number of amides is 1. The van der Waals surface area contributed by atoms with Gasteiger partial charge in [0.1, 0.15) is 5.54 Å². The van der Waals surface area contributed by atoms with Crippen molar-refractivity contribution in [2.75, 3.05) is 6.54 Å². The second-order valence-electron chi connectivity index (χ2n) is 3.49. The topological polar surface area (TPSA) is 57.6 Å². The van der Waals surface area contributed by atoms with E-state index in [0.717, 1.165) is 6.42 Å². The van der Waals surface area contributed by atoms with Gasteiger partial charge in [0.15, 0.2) is 0 Å². The molecule has 0 bridgehead atoms. The molecule has 2 aliphatic heterocycles. The predicted molar refractivity (Wildman–Crippen MR) is 40.5 cm³/mol. The lowest BCUT2D eigenvalue weighted by Crippen LogP contribution is -2.47. The third-order valence-electron chi connectivity index (χ3n) is 2.94. The lowest BCUT2D eigenvalue weighted by Gasteiger charge is -2.26. The van der Waals surface area contributed by atoms with Crippen LogP contribution in [-0.2, 0) is 9.59 Å². The first-order chi connectivity index (χ1) is 5.67. The number of carbonyl (C=O) groups is 2. The molecule has 0 aromatic carbocycles. The number of hydrogen-bond donors (Lipinski definition) is 1. The van der Waals surface area contributed by atoms with Gasteiger partial charge in [-0.05, 0) is 19.3 Å². The second-order valence-corrected chi connectivity index (χ2v) is 3.49. The first-order valence-corrected chi connectivity index (χ1v) is 4.21. The highest BCUT2D eigenvalue weighted by molar-refractivity contribution is 5.91. The maximum Gasteiger partial charge on any atom is 0.329 e. The third kappa shape index (κ3) is 0.722. The molecule has 2 saturated heterocycles. The lowest BCUT2D eigenvalue weighted by molar-refractivity contribution is -0.151. The number of carboxylic acid groups (broad SMARTS) is 1. The molecule has 0 aliphatic carbocycles. The van der Waals surface area contributed by atoms with Gasteiger partial charge in [-0.3, -0.25) is 4.79 Å². The minimum Gasteiger partial charge on any atom is -0.479 e. The van der Waals surface area contributed by atoms with Crippen LogP contribution in [0.4, 0.5) is 0 Å². The maximum atomic E-state index is 11.2. The molecule has 1 atom stereocenters. The number of rotatable bonds is 1. The number of carboxylic acids is 1. The molecular weight excluding hydrogens is 158 g/mol. The Morgan fingerprint density at radius 3 is 2.83 bits per heavy atom. The van der Waals surface area contributed by atoms with Gasteiger partial charge in [-0.15, -0.1) is 0 Å². The zero-order valence-electron chi connectivity index (χ0n) is 6.75. The van der Waals surface area contributed by atoms with Crippen LogP contribution in [0, 0.1) is 0 Å². The van der Waals surface area contributed by atoms with E-state index in [0.29, 0.717) is 25.8 Å². The van der Waals surface area contributed by atoms with Gasteiger partial charge < -0.3 is 10.0 Å². The van der Waals surface area contributed by atoms with E-state index in [-0.39, 0.29) is 5.91 Å². The van der Waals surface area contributed by atoms with E-state index in [1.54, 1.807) is 0 Å². The molecule has 2 heterocycles. The van der Waals surface area contributed by atoms with Crippen molar-refractivity contribution in [2.45, 2.75) is 31.2 Å². The second kappa shape index (κ2) is 2.21. The van der Waals surface area contributed by atoms with E-state index in [4.69, 9.17) is 5.11 Å². The molecule has 0 spiro atoms. The summed E-state index contributed by atoms with van der Waals surface area (Å²) in [6, 6.07) is 0. The molecule has 1 amide bonds. The van der Waals surface area contributed by atoms with Gasteiger partial charge in [0.2, 0.25) is 5.91 Å². The van der Waals surface area contributed by atoms with Gasteiger partial charge in [0.25, 0.3) is 0 Å². The molecule has 1 N–H and O–H groups in total. The van der Waals surface area contributed by atoms with Crippen molar-refractivity contribution in [1.82, 2.24) is 4.90 Å². The molecule has 0 saturated carbocycles. The Balaban J connectivity index is 2.35. The van der Waals surface area contributed by atoms with E-state index in [9.17, 15) is 9.59 Å². The van der Waals surface area contributed by atoms with Crippen molar-refractivity contribution in [3.05, 3.63) is 0 Å². The minimum absolute atomic E-state index is 0.00917. The van der Waals surface area contributed by atoms with Crippen molar-refractivity contribution in [2.24, 2.45) is 0 Å². The number of hydrogen-bond acceptors (Lipinski definition) is 2. The quantitative estimate of drug-likeness (QED) is 0.611. The fourth-order valence-corrected chi connectivity index (χ4v) is 2.28. The average molecular weight is 169 g/mol. The van der Waals surface area contributed by atoms with Crippen LogP contribution >= 0.6 is 0 Å². The molecule has 2 fully saturated rings. The highest BCUT2D eigenvalue weighted by Gasteiger charge is 2.53. The van der Waals surface area contributed by atoms with Crippen LogP contribution < -0.4 is 0 Å². The summed E-state index contributed by atoms with van der Waals surface area (Å²) < 4.78 is 0. The van der Waals surface area contributed by atoms with Crippen molar-refractivity contribution in [1.29, 1.82) is 0 Å². The van der Waals surface area contributed by atoms with E-state index in [1.807, 2.05) is 0 Å². The van der Waals surface area contributed by atoms with Crippen molar-refractivity contribution >= 4 is 11.9 Å². The molecule has 0 aromatic rings. The summed E-state index contributed by atoms with van der Waals surface area (Å²) >= 11 is 0.